The van der Waals surface area contributed by atoms with Gasteiger partial charge in [-0.3, -0.25) is 9.69 Å². The Balaban J connectivity index is 4.31. The summed E-state index contributed by atoms with van der Waals surface area (Å²) in [5.41, 5.74) is 5.52. The summed E-state index contributed by atoms with van der Waals surface area (Å²) >= 11 is 4.89. The number of carbonyl (C=O) groups is 1. The van der Waals surface area contributed by atoms with Crippen LogP contribution in [0.1, 0.15) is 47.0 Å². The Kier molecular flexibility index (Phi) is 8.93. The van der Waals surface area contributed by atoms with Gasteiger partial charge in [-0.2, -0.15) is 0 Å². The van der Waals surface area contributed by atoms with Crippen LogP contribution in [0.4, 0.5) is 0 Å². The van der Waals surface area contributed by atoms with Gasteiger partial charge in [0.05, 0.1) is 11.0 Å². The molecule has 3 N–H and O–H groups in total. The average Bonchev–Trinajstić information content (AvgIpc) is 2.28. The van der Waals surface area contributed by atoms with Crippen molar-refractivity contribution in [2.45, 2.75) is 59.0 Å². The number of carbonyl (C=O) groups excluding carboxylic acids is 1. The number of unbranched alkanes of at least 4 members (excludes halogenated alkanes) is 1. The van der Waals surface area contributed by atoms with Gasteiger partial charge in [0.25, 0.3) is 0 Å². The Morgan fingerprint density at radius 3 is 2.44 bits per heavy atom. The lowest BCUT2D eigenvalue weighted by molar-refractivity contribution is -0.126. The van der Waals surface area contributed by atoms with Crippen molar-refractivity contribution in [1.82, 2.24) is 10.2 Å². The lowest BCUT2D eigenvalue weighted by atomic mass is 10.2. The Labute approximate surface area is 116 Å². The van der Waals surface area contributed by atoms with E-state index in [4.69, 9.17) is 18.0 Å². The summed E-state index contributed by atoms with van der Waals surface area (Å²) in [4.78, 5) is 14.6. The van der Waals surface area contributed by atoms with Gasteiger partial charge < -0.3 is 11.1 Å². The highest BCUT2D eigenvalue weighted by atomic mass is 32.1. The van der Waals surface area contributed by atoms with Crippen LogP contribution >= 0.6 is 12.2 Å². The maximum Gasteiger partial charge on any atom is 0.237 e. The number of hydrogen-bond acceptors (Lipinski definition) is 3. The summed E-state index contributed by atoms with van der Waals surface area (Å²) in [6, 6.07) is 0.155. The minimum absolute atomic E-state index is 0.0834. The number of nitrogens with one attached hydrogen (secondary N) is 1. The molecule has 0 rings (SSSR count). The molecule has 0 heterocycles. The fourth-order valence-electron chi connectivity index (χ4n) is 1.83. The minimum atomic E-state index is -0.142. The first kappa shape index (κ1) is 17.3. The van der Waals surface area contributed by atoms with E-state index in [0.717, 1.165) is 25.9 Å². The maximum atomic E-state index is 12.0. The highest BCUT2D eigenvalue weighted by Gasteiger charge is 2.22. The van der Waals surface area contributed by atoms with E-state index in [-0.39, 0.29) is 11.9 Å². The van der Waals surface area contributed by atoms with Crippen LogP contribution in [0.5, 0.6) is 0 Å². The number of rotatable bonds is 9. The van der Waals surface area contributed by atoms with Crippen molar-refractivity contribution >= 4 is 23.1 Å². The zero-order valence-electron chi connectivity index (χ0n) is 12.0. The molecule has 1 amide bonds. The van der Waals surface area contributed by atoms with Crippen molar-refractivity contribution in [2.24, 2.45) is 5.73 Å². The first-order valence-corrected chi connectivity index (χ1v) is 7.12. The summed E-state index contributed by atoms with van der Waals surface area (Å²) in [7, 11) is 0. The highest BCUT2D eigenvalue weighted by Crippen LogP contribution is 2.07. The molecular formula is C13H27N3OS. The second-order valence-corrected chi connectivity index (χ2v) is 5.39. The standard InChI is InChI=1S/C13H27N3OS/c1-5-6-8-15-13(17)11(4)16(10(2)3)9-7-12(14)18/h10-11H,5-9H2,1-4H3,(H2,14,18)(H,15,17). The van der Waals surface area contributed by atoms with E-state index in [2.05, 4.69) is 31.0 Å². The monoisotopic (exact) mass is 273 g/mol. The van der Waals surface area contributed by atoms with E-state index >= 15 is 0 Å². The van der Waals surface area contributed by atoms with Gasteiger partial charge in [0.15, 0.2) is 0 Å². The largest absolute Gasteiger partial charge is 0.393 e. The van der Waals surface area contributed by atoms with Crippen molar-refractivity contribution in [3.8, 4) is 0 Å². The number of nitrogens with zero attached hydrogens (tertiary/aromatic N) is 1. The van der Waals surface area contributed by atoms with Gasteiger partial charge >= 0.3 is 0 Å². The molecule has 18 heavy (non-hydrogen) atoms. The molecule has 0 radical (unpaired) electrons. The second kappa shape index (κ2) is 9.28. The van der Waals surface area contributed by atoms with Crippen LogP contribution in [-0.4, -0.2) is 41.0 Å². The quantitative estimate of drug-likeness (QED) is 0.496. The molecular weight excluding hydrogens is 246 g/mol. The predicted octanol–water partition coefficient (Wildman–Crippen LogP) is 1.68. The maximum absolute atomic E-state index is 12.0. The van der Waals surface area contributed by atoms with Crippen molar-refractivity contribution in [3.05, 3.63) is 0 Å². The lowest BCUT2D eigenvalue weighted by Crippen LogP contribution is -2.49. The van der Waals surface area contributed by atoms with Crippen LogP contribution in [0.15, 0.2) is 0 Å². The van der Waals surface area contributed by atoms with E-state index in [0.29, 0.717) is 17.5 Å². The van der Waals surface area contributed by atoms with E-state index in [1.807, 2.05) is 6.92 Å². The van der Waals surface area contributed by atoms with Crippen molar-refractivity contribution < 1.29 is 4.79 Å². The molecule has 0 spiro atoms. The zero-order chi connectivity index (χ0) is 14.1. The van der Waals surface area contributed by atoms with E-state index in [1.165, 1.54) is 0 Å². The Morgan fingerprint density at radius 1 is 1.39 bits per heavy atom. The first-order valence-electron chi connectivity index (χ1n) is 6.71. The smallest absolute Gasteiger partial charge is 0.237 e. The van der Waals surface area contributed by atoms with Gasteiger partial charge in [-0.1, -0.05) is 25.6 Å². The predicted molar refractivity (Wildman–Crippen MR) is 80.6 cm³/mol. The molecule has 0 aromatic heterocycles. The number of hydrogen-bond donors (Lipinski definition) is 2. The Bertz CT molecular complexity index is 269. The zero-order valence-corrected chi connectivity index (χ0v) is 12.8. The van der Waals surface area contributed by atoms with Crippen LogP contribution in [-0.2, 0) is 4.79 Å². The fourth-order valence-corrected chi connectivity index (χ4v) is 1.92. The Hall–Kier alpha value is -0.680. The van der Waals surface area contributed by atoms with Gasteiger partial charge in [0, 0.05) is 25.6 Å². The third-order valence-electron chi connectivity index (χ3n) is 2.99. The molecule has 0 fully saturated rings. The number of thiocarbonyl (C=S) groups is 1. The molecule has 1 atom stereocenters. The summed E-state index contributed by atoms with van der Waals surface area (Å²) in [5, 5.41) is 2.96. The topological polar surface area (TPSA) is 58.4 Å². The molecule has 0 aromatic rings. The number of amides is 1. The summed E-state index contributed by atoms with van der Waals surface area (Å²) in [6.45, 7) is 9.68. The lowest BCUT2D eigenvalue weighted by Gasteiger charge is -2.31. The molecule has 0 bridgehead atoms. The van der Waals surface area contributed by atoms with E-state index in [1.54, 1.807) is 0 Å². The van der Waals surface area contributed by atoms with Crippen LogP contribution in [0.2, 0.25) is 0 Å². The third-order valence-corrected chi connectivity index (χ3v) is 3.19. The molecule has 0 aliphatic rings. The normalized spacial score (nSPS) is 12.8. The van der Waals surface area contributed by atoms with Crippen LogP contribution in [0.3, 0.4) is 0 Å². The van der Waals surface area contributed by atoms with Gasteiger partial charge in [0.1, 0.15) is 0 Å². The third kappa shape index (κ3) is 6.91. The van der Waals surface area contributed by atoms with Crippen molar-refractivity contribution in [2.75, 3.05) is 13.1 Å². The fraction of sp³-hybridized carbons (Fsp3) is 0.846. The molecule has 0 aliphatic carbocycles. The van der Waals surface area contributed by atoms with Crippen LogP contribution < -0.4 is 11.1 Å². The van der Waals surface area contributed by atoms with Gasteiger partial charge in [-0.25, -0.2) is 0 Å². The summed E-state index contributed by atoms with van der Waals surface area (Å²) < 4.78 is 0. The molecule has 106 valence electrons. The first-order chi connectivity index (χ1) is 8.40. The molecule has 0 saturated heterocycles. The average molecular weight is 273 g/mol. The molecule has 4 nitrogen and oxygen atoms in total. The van der Waals surface area contributed by atoms with E-state index in [9.17, 15) is 4.79 Å². The van der Waals surface area contributed by atoms with Crippen molar-refractivity contribution in [1.29, 1.82) is 0 Å². The molecule has 5 heteroatoms. The SMILES string of the molecule is CCCCNC(=O)C(C)N(CCC(N)=S)C(C)C. The van der Waals surface area contributed by atoms with Crippen LogP contribution in [0.25, 0.3) is 0 Å². The van der Waals surface area contributed by atoms with Gasteiger partial charge in [-0.15, -0.1) is 0 Å². The molecule has 0 saturated carbocycles. The molecule has 0 aliphatic heterocycles. The van der Waals surface area contributed by atoms with Crippen LogP contribution in [0, 0.1) is 0 Å². The molecule has 1 unspecified atom stereocenters. The van der Waals surface area contributed by atoms with Gasteiger partial charge in [-0.05, 0) is 27.2 Å². The molecule has 0 aromatic carbocycles. The number of nitrogens with two attached hydrogens (primary N) is 1. The summed E-state index contributed by atoms with van der Waals surface area (Å²) in [6.07, 6.45) is 2.76. The Morgan fingerprint density at radius 2 is 2.00 bits per heavy atom. The highest BCUT2D eigenvalue weighted by molar-refractivity contribution is 7.80. The van der Waals surface area contributed by atoms with Crippen molar-refractivity contribution in [3.63, 3.8) is 0 Å². The van der Waals surface area contributed by atoms with Gasteiger partial charge in [0.2, 0.25) is 5.91 Å². The summed E-state index contributed by atoms with van der Waals surface area (Å²) in [5.74, 6) is 0.0834. The van der Waals surface area contributed by atoms with E-state index < -0.39 is 0 Å². The second-order valence-electron chi connectivity index (χ2n) is 4.87. The minimum Gasteiger partial charge on any atom is -0.393 e.